The maximum atomic E-state index is 12.2. The maximum Gasteiger partial charge on any atom is 0.391 e. The van der Waals surface area contributed by atoms with Crippen LogP contribution in [0.15, 0.2) is 30.3 Å². The summed E-state index contributed by atoms with van der Waals surface area (Å²) < 4.78 is 36.6. The summed E-state index contributed by atoms with van der Waals surface area (Å²) in [4.78, 5) is 4.25. The molecule has 2 rings (SSSR count). The van der Waals surface area contributed by atoms with Gasteiger partial charge in [0.1, 0.15) is 0 Å². The zero-order chi connectivity index (χ0) is 13.3. The standard InChI is InChI=1S/C13H12F3NO/c1-8-2-3-9-6-10(4-5-11(9)17-8)12(18)7-13(14,15)16/h2-6,12,18H,7H2,1H3. The lowest BCUT2D eigenvalue weighted by Gasteiger charge is -2.14. The highest BCUT2D eigenvalue weighted by molar-refractivity contribution is 5.79. The summed E-state index contributed by atoms with van der Waals surface area (Å²) in [6.45, 7) is 1.84. The summed E-state index contributed by atoms with van der Waals surface area (Å²) in [5, 5.41) is 10.3. The third kappa shape index (κ3) is 2.98. The van der Waals surface area contributed by atoms with Gasteiger partial charge in [-0.25, -0.2) is 0 Å². The molecule has 0 saturated heterocycles. The van der Waals surface area contributed by atoms with Crippen molar-refractivity contribution in [2.75, 3.05) is 0 Å². The van der Waals surface area contributed by atoms with Gasteiger partial charge < -0.3 is 5.11 Å². The number of pyridine rings is 1. The number of benzene rings is 1. The molecule has 0 spiro atoms. The Bertz CT molecular complexity index is 566. The van der Waals surface area contributed by atoms with Gasteiger partial charge in [-0.3, -0.25) is 4.98 Å². The van der Waals surface area contributed by atoms with Crippen LogP contribution in [0.3, 0.4) is 0 Å². The molecule has 1 unspecified atom stereocenters. The van der Waals surface area contributed by atoms with Crippen LogP contribution in [0.1, 0.15) is 23.8 Å². The quantitative estimate of drug-likeness (QED) is 0.890. The van der Waals surface area contributed by atoms with E-state index in [0.717, 1.165) is 11.1 Å². The van der Waals surface area contributed by atoms with Gasteiger partial charge in [0.15, 0.2) is 0 Å². The van der Waals surface area contributed by atoms with E-state index in [-0.39, 0.29) is 5.56 Å². The van der Waals surface area contributed by atoms with Gasteiger partial charge in [0.05, 0.1) is 18.0 Å². The van der Waals surface area contributed by atoms with E-state index in [9.17, 15) is 18.3 Å². The van der Waals surface area contributed by atoms with E-state index in [4.69, 9.17) is 0 Å². The Morgan fingerprint density at radius 3 is 2.61 bits per heavy atom. The van der Waals surface area contributed by atoms with Crippen LogP contribution in [-0.4, -0.2) is 16.3 Å². The fourth-order valence-electron chi connectivity index (χ4n) is 1.79. The summed E-state index contributed by atoms with van der Waals surface area (Å²) in [7, 11) is 0. The molecule has 0 amide bonds. The first-order valence-corrected chi connectivity index (χ1v) is 5.47. The molecule has 0 fully saturated rings. The number of aliphatic hydroxyl groups is 1. The average molecular weight is 255 g/mol. The topological polar surface area (TPSA) is 33.1 Å². The van der Waals surface area contributed by atoms with E-state index < -0.39 is 18.7 Å². The molecule has 1 aromatic heterocycles. The number of alkyl halides is 3. The highest BCUT2D eigenvalue weighted by atomic mass is 19.4. The Morgan fingerprint density at radius 1 is 1.22 bits per heavy atom. The van der Waals surface area contributed by atoms with E-state index in [1.165, 1.54) is 12.1 Å². The predicted molar refractivity (Wildman–Crippen MR) is 62.1 cm³/mol. The first-order chi connectivity index (χ1) is 8.35. The Labute approximate surface area is 102 Å². The number of aromatic nitrogens is 1. The lowest BCUT2D eigenvalue weighted by Crippen LogP contribution is -2.13. The number of fused-ring (bicyclic) bond motifs is 1. The van der Waals surface area contributed by atoms with Crippen molar-refractivity contribution >= 4 is 10.9 Å². The summed E-state index contributed by atoms with van der Waals surface area (Å²) in [5.41, 5.74) is 1.80. The minimum absolute atomic E-state index is 0.255. The van der Waals surface area contributed by atoms with Crippen molar-refractivity contribution in [3.8, 4) is 0 Å². The summed E-state index contributed by atoms with van der Waals surface area (Å²) in [6, 6.07) is 8.20. The van der Waals surface area contributed by atoms with Crippen molar-refractivity contribution in [2.24, 2.45) is 0 Å². The van der Waals surface area contributed by atoms with Gasteiger partial charge in [-0.1, -0.05) is 12.1 Å². The number of halogens is 3. The normalized spacial score (nSPS) is 13.8. The van der Waals surface area contributed by atoms with E-state index in [0.29, 0.717) is 5.52 Å². The molecule has 1 atom stereocenters. The van der Waals surface area contributed by atoms with Crippen molar-refractivity contribution in [2.45, 2.75) is 25.6 Å². The van der Waals surface area contributed by atoms with Crippen LogP contribution in [0.4, 0.5) is 13.2 Å². The molecule has 1 N–H and O–H groups in total. The highest BCUT2D eigenvalue weighted by Crippen LogP contribution is 2.30. The molecular weight excluding hydrogens is 243 g/mol. The van der Waals surface area contributed by atoms with E-state index in [2.05, 4.69) is 4.98 Å². The van der Waals surface area contributed by atoms with Gasteiger partial charge in [0.2, 0.25) is 0 Å². The van der Waals surface area contributed by atoms with E-state index in [1.807, 2.05) is 6.92 Å². The zero-order valence-corrected chi connectivity index (χ0v) is 9.70. The first-order valence-electron chi connectivity index (χ1n) is 5.47. The molecule has 0 saturated carbocycles. The second-order valence-electron chi connectivity index (χ2n) is 4.24. The summed E-state index contributed by atoms with van der Waals surface area (Å²) in [5.74, 6) is 0. The highest BCUT2D eigenvalue weighted by Gasteiger charge is 2.31. The number of aryl methyl sites for hydroxylation is 1. The van der Waals surface area contributed by atoms with Gasteiger partial charge in [0, 0.05) is 11.1 Å². The van der Waals surface area contributed by atoms with Crippen molar-refractivity contribution in [3.63, 3.8) is 0 Å². The third-order valence-corrected chi connectivity index (χ3v) is 2.66. The zero-order valence-electron chi connectivity index (χ0n) is 9.70. The van der Waals surface area contributed by atoms with Gasteiger partial charge in [0.25, 0.3) is 0 Å². The number of hydrogen-bond donors (Lipinski definition) is 1. The molecule has 0 aliphatic heterocycles. The Morgan fingerprint density at radius 2 is 1.94 bits per heavy atom. The lowest BCUT2D eigenvalue weighted by atomic mass is 10.0. The summed E-state index contributed by atoms with van der Waals surface area (Å²) >= 11 is 0. The molecule has 0 aliphatic rings. The Hall–Kier alpha value is -1.62. The van der Waals surface area contributed by atoms with Gasteiger partial charge >= 0.3 is 6.18 Å². The van der Waals surface area contributed by atoms with Crippen LogP contribution in [0.5, 0.6) is 0 Å². The molecule has 1 heterocycles. The molecule has 0 aliphatic carbocycles. The van der Waals surface area contributed by atoms with Gasteiger partial charge in [-0.2, -0.15) is 13.2 Å². The molecule has 18 heavy (non-hydrogen) atoms. The average Bonchev–Trinajstić information content (AvgIpc) is 2.26. The molecule has 5 heteroatoms. The maximum absolute atomic E-state index is 12.2. The molecule has 2 aromatic rings. The number of nitrogens with zero attached hydrogens (tertiary/aromatic N) is 1. The number of hydrogen-bond acceptors (Lipinski definition) is 2. The molecule has 96 valence electrons. The fourth-order valence-corrected chi connectivity index (χ4v) is 1.79. The first kappa shape index (κ1) is 12.8. The Kier molecular flexibility index (Phi) is 3.26. The van der Waals surface area contributed by atoms with Crippen LogP contribution in [0, 0.1) is 6.92 Å². The second kappa shape index (κ2) is 4.57. The van der Waals surface area contributed by atoms with Crippen molar-refractivity contribution in [1.29, 1.82) is 0 Å². The third-order valence-electron chi connectivity index (χ3n) is 2.66. The van der Waals surface area contributed by atoms with Crippen molar-refractivity contribution in [3.05, 3.63) is 41.6 Å². The minimum atomic E-state index is -4.38. The van der Waals surface area contributed by atoms with Crippen LogP contribution >= 0.6 is 0 Å². The van der Waals surface area contributed by atoms with Crippen LogP contribution in [-0.2, 0) is 0 Å². The van der Waals surface area contributed by atoms with Crippen molar-refractivity contribution < 1.29 is 18.3 Å². The summed E-state index contributed by atoms with van der Waals surface area (Å²) in [6.07, 6.45) is -7.15. The smallest absolute Gasteiger partial charge is 0.388 e. The molecule has 1 aromatic carbocycles. The van der Waals surface area contributed by atoms with E-state index >= 15 is 0 Å². The van der Waals surface area contributed by atoms with E-state index in [1.54, 1.807) is 18.2 Å². The fraction of sp³-hybridized carbons (Fsp3) is 0.308. The molecule has 2 nitrogen and oxygen atoms in total. The van der Waals surface area contributed by atoms with Gasteiger partial charge in [-0.05, 0) is 30.7 Å². The molecular formula is C13H12F3NO. The van der Waals surface area contributed by atoms with Crippen LogP contribution in [0.25, 0.3) is 10.9 Å². The SMILES string of the molecule is Cc1ccc2cc(C(O)CC(F)(F)F)ccc2n1. The van der Waals surface area contributed by atoms with Crippen LogP contribution in [0.2, 0.25) is 0 Å². The molecule has 0 radical (unpaired) electrons. The minimum Gasteiger partial charge on any atom is -0.388 e. The second-order valence-corrected chi connectivity index (χ2v) is 4.24. The molecule has 0 bridgehead atoms. The largest absolute Gasteiger partial charge is 0.391 e. The lowest BCUT2D eigenvalue weighted by molar-refractivity contribution is -0.154. The number of aliphatic hydroxyl groups excluding tert-OH is 1. The Balaban J connectivity index is 2.32. The predicted octanol–water partition coefficient (Wildman–Crippen LogP) is 3.53. The van der Waals surface area contributed by atoms with Crippen LogP contribution < -0.4 is 0 Å². The number of rotatable bonds is 2. The monoisotopic (exact) mass is 255 g/mol. The van der Waals surface area contributed by atoms with Gasteiger partial charge in [-0.15, -0.1) is 0 Å². The van der Waals surface area contributed by atoms with Crippen molar-refractivity contribution in [1.82, 2.24) is 4.98 Å².